The molecular weight excluding hydrogens is 475 g/mol. The molecule has 3 heteroatoms. The molecule has 1 nitrogen and oxygen atoms in total. The summed E-state index contributed by atoms with van der Waals surface area (Å²) in [6, 6.07) is 26.9. The Bertz CT molecular complexity index is 2230. The van der Waals surface area contributed by atoms with E-state index < -0.39 is 0 Å². The van der Waals surface area contributed by atoms with Crippen molar-refractivity contribution in [2.24, 2.45) is 0 Å². The summed E-state index contributed by atoms with van der Waals surface area (Å²) in [6.07, 6.45) is 8.69. The SMILES string of the molecule is C=Cc1c(/C=C\C)sc2ccc3c(c12)c1c(ccc2c4ccccc4sc21)c1c2ccccc2cn31. The Morgan fingerprint density at radius 3 is 2.39 bits per heavy atom. The molecular formula is C33H21NS2. The van der Waals surface area contributed by atoms with Crippen LogP contribution >= 0.6 is 22.7 Å². The zero-order valence-electron chi connectivity index (χ0n) is 19.7. The topological polar surface area (TPSA) is 4.41 Å². The van der Waals surface area contributed by atoms with Crippen LogP contribution in [-0.4, -0.2) is 4.40 Å². The van der Waals surface area contributed by atoms with Gasteiger partial charge in [-0.3, -0.25) is 0 Å². The van der Waals surface area contributed by atoms with Gasteiger partial charge in [-0.1, -0.05) is 73.3 Å². The Morgan fingerprint density at radius 2 is 1.53 bits per heavy atom. The smallest absolute Gasteiger partial charge is 0.0614 e. The van der Waals surface area contributed by atoms with Gasteiger partial charge in [0.15, 0.2) is 0 Å². The van der Waals surface area contributed by atoms with E-state index in [1.807, 2.05) is 28.7 Å². The standard InChI is InChI=1S/C33H21NS2/c1-3-9-26-20(4-2)29-28(35-26)17-16-25-31(29)30-24(32-21-11-6-5-10-19(21)18-34(25)32)15-14-23-22-12-7-8-13-27(22)36-33(23)30/h3-18H,2H2,1H3/b9-3-. The Morgan fingerprint density at radius 1 is 0.722 bits per heavy atom. The first-order chi connectivity index (χ1) is 17.8. The molecule has 170 valence electrons. The predicted octanol–water partition coefficient (Wildman–Crippen LogP) is 10.7. The third-order valence-electron chi connectivity index (χ3n) is 7.46. The lowest BCUT2D eigenvalue weighted by atomic mass is 9.97. The maximum Gasteiger partial charge on any atom is 0.0614 e. The van der Waals surface area contributed by atoms with Gasteiger partial charge in [0.2, 0.25) is 0 Å². The number of nitrogens with zero attached hydrogens (tertiary/aromatic N) is 1. The van der Waals surface area contributed by atoms with Gasteiger partial charge < -0.3 is 4.40 Å². The molecule has 0 saturated carbocycles. The molecule has 0 spiro atoms. The molecule has 0 aliphatic carbocycles. The van der Waals surface area contributed by atoms with E-state index >= 15 is 0 Å². The quantitative estimate of drug-likeness (QED) is 0.210. The second kappa shape index (κ2) is 7.30. The molecule has 0 saturated heterocycles. The van der Waals surface area contributed by atoms with E-state index in [1.165, 1.54) is 78.7 Å². The number of benzene rings is 4. The van der Waals surface area contributed by atoms with Gasteiger partial charge in [-0.05, 0) is 31.2 Å². The van der Waals surface area contributed by atoms with Crippen LogP contribution in [0, 0.1) is 0 Å². The molecule has 8 rings (SSSR count). The van der Waals surface area contributed by atoms with E-state index in [0.29, 0.717) is 0 Å². The average molecular weight is 496 g/mol. The van der Waals surface area contributed by atoms with Crippen molar-refractivity contribution in [1.29, 1.82) is 0 Å². The lowest BCUT2D eigenvalue weighted by Gasteiger charge is -2.13. The van der Waals surface area contributed by atoms with Crippen molar-refractivity contribution in [3.63, 3.8) is 0 Å². The highest BCUT2D eigenvalue weighted by atomic mass is 32.1. The Kier molecular flexibility index (Phi) is 4.11. The van der Waals surface area contributed by atoms with Gasteiger partial charge in [0.05, 0.1) is 11.0 Å². The molecule has 0 atom stereocenters. The zero-order valence-corrected chi connectivity index (χ0v) is 21.3. The lowest BCUT2D eigenvalue weighted by Crippen LogP contribution is -1.91. The van der Waals surface area contributed by atoms with Crippen LogP contribution in [-0.2, 0) is 0 Å². The highest BCUT2D eigenvalue weighted by Crippen LogP contribution is 2.47. The van der Waals surface area contributed by atoms with Gasteiger partial charge in [-0.25, -0.2) is 0 Å². The summed E-state index contributed by atoms with van der Waals surface area (Å²) in [4.78, 5) is 1.27. The molecule has 0 N–H and O–H groups in total. The summed E-state index contributed by atoms with van der Waals surface area (Å²) in [5.41, 5.74) is 3.77. The largest absolute Gasteiger partial charge is 0.315 e. The van der Waals surface area contributed by atoms with E-state index in [1.54, 1.807) is 0 Å². The van der Waals surface area contributed by atoms with E-state index in [0.717, 1.165) is 0 Å². The first-order valence-corrected chi connectivity index (χ1v) is 13.8. The van der Waals surface area contributed by atoms with Crippen LogP contribution in [0.2, 0.25) is 0 Å². The van der Waals surface area contributed by atoms with E-state index in [9.17, 15) is 0 Å². The van der Waals surface area contributed by atoms with Gasteiger partial charge in [0.1, 0.15) is 0 Å². The van der Waals surface area contributed by atoms with E-state index in [2.05, 4.69) is 109 Å². The molecule has 0 radical (unpaired) electrons. The molecule has 4 heterocycles. The van der Waals surface area contributed by atoms with Crippen molar-refractivity contribution in [2.75, 3.05) is 0 Å². The van der Waals surface area contributed by atoms with Gasteiger partial charge >= 0.3 is 0 Å². The molecule has 0 amide bonds. The number of thiophene rings is 2. The summed E-state index contributed by atoms with van der Waals surface area (Å²) in [5.74, 6) is 0. The molecule has 0 aliphatic rings. The summed E-state index contributed by atoms with van der Waals surface area (Å²) in [5, 5.41) is 10.6. The van der Waals surface area contributed by atoms with Crippen molar-refractivity contribution >= 4 is 103 Å². The number of fused-ring (bicyclic) bond motifs is 14. The normalized spacial score (nSPS) is 12.6. The maximum atomic E-state index is 4.25. The van der Waals surface area contributed by atoms with Gasteiger partial charge in [-0.15, -0.1) is 22.7 Å². The third-order valence-corrected chi connectivity index (χ3v) is 9.80. The highest BCUT2D eigenvalue weighted by molar-refractivity contribution is 7.27. The minimum absolute atomic E-state index is 1.23. The summed E-state index contributed by atoms with van der Waals surface area (Å²) in [6.45, 7) is 6.33. The van der Waals surface area contributed by atoms with Crippen LogP contribution in [0.4, 0.5) is 0 Å². The van der Waals surface area contributed by atoms with Crippen molar-refractivity contribution in [3.8, 4) is 0 Å². The van der Waals surface area contributed by atoms with Crippen molar-refractivity contribution < 1.29 is 0 Å². The zero-order chi connectivity index (χ0) is 24.0. The fourth-order valence-corrected chi connectivity index (χ4v) is 8.45. The number of aromatic nitrogens is 1. The molecule has 8 aromatic rings. The van der Waals surface area contributed by atoms with Crippen molar-refractivity contribution in [1.82, 2.24) is 4.40 Å². The fraction of sp³-hybridized carbons (Fsp3) is 0.0303. The summed E-state index contributed by atoms with van der Waals surface area (Å²) < 4.78 is 6.43. The molecule has 0 unspecified atom stereocenters. The van der Waals surface area contributed by atoms with E-state index in [4.69, 9.17) is 0 Å². The van der Waals surface area contributed by atoms with Crippen molar-refractivity contribution in [3.05, 3.63) is 102 Å². The first kappa shape index (κ1) is 20.3. The monoisotopic (exact) mass is 495 g/mol. The predicted molar refractivity (Wildman–Crippen MR) is 163 cm³/mol. The fourth-order valence-electron chi connectivity index (χ4n) is 6.01. The first-order valence-electron chi connectivity index (χ1n) is 12.2. The average Bonchev–Trinajstić information content (AvgIpc) is 3.59. The Labute approximate surface area is 215 Å². The Hall–Kier alpha value is -3.92. The number of hydrogen-bond donors (Lipinski definition) is 0. The van der Waals surface area contributed by atoms with Crippen LogP contribution in [0.1, 0.15) is 17.4 Å². The summed E-state index contributed by atoms with van der Waals surface area (Å²) >= 11 is 3.77. The molecule has 4 aromatic carbocycles. The maximum absolute atomic E-state index is 4.25. The lowest BCUT2D eigenvalue weighted by molar-refractivity contribution is 1.30. The molecule has 36 heavy (non-hydrogen) atoms. The molecule has 0 bridgehead atoms. The van der Waals surface area contributed by atoms with Crippen LogP contribution < -0.4 is 0 Å². The van der Waals surface area contributed by atoms with E-state index in [-0.39, 0.29) is 0 Å². The van der Waals surface area contributed by atoms with Gasteiger partial charge in [0.25, 0.3) is 0 Å². The molecule has 4 aromatic heterocycles. The number of hydrogen-bond acceptors (Lipinski definition) is 2. The minimum atomic E-state index is 1.23. The second-order valence-corrected chi connectivity index (χ2v) is 11.5. The molecule has 0 aliphatic heterocycles. The minimum Gasteiger partial charge on any atom is -0.315 e. The van der Waals surface area contributed by atoms with Crippen LogP contribution in [0.5, 0.6) is 0 Å². The summed E-state index contributed by atoms with van der Waals surface area (Å²) in [7, 11) is 0. The second-order valence-electron chi connectivity index (χ2n) is 9.31. The number of pyridine rings is 1. The van der Waals surface area contributed by atoms with Gasteiger partial charge in [0, 0.05) is 73.8 Å². The highest BCUT2D eigenvalue weighted by Gasteiger charge is 2.21. The van der Waals surface area contributed by atoms with Crippen LogP contribution in [0.25, 0.3) is 80.4 Å². The van der Waals surface area contributed by atoms with Gasteiger partial charge in [-0.2, -0.15) is 0 Å². The van der Waals surface area contributed by atoms with Crippen LogP contribution in [0.3, 0.4) is 0 Å². The number of allylic oxidation sites excluding steroid dienone is 1. The third kappa shape index (κ3) is 2.49. The van der Waals surface area contributed by atoms with Crippen LogP contribution in [0.15, 0.2) is 91.6 Å². The Balaban J connectivity index is 1.77. The number of rotatable bonds is 2. The van der Waals surface area contributed by atoms with Crippen molar-refractivity contribution in [2.45, 2.75) is 6.92 Å². The molecule has 0 fully saturated rings.